The molecule has 0 radical (unpaired) electrons. The minimum Gasteiger partial charge on any atom is -0.365 e. The summed E-state index contributed by atoms with van der Waals surface area (Å²) in [5.41, 5.74) is 0.0570. The van der Waals surface area contributed by atoms with E-state index >= 15 is 0 Å². The number of para-hydroxylation sites is 1. The smallest absolute Gasteiger partial charge is 0.191 e. The molecule has 2 N–H and O–H groups in total. The first kappa shape index (κ1) is 20.1. The molecule has 2 unspecified atom stereocenters. The molecule has 0 bridgehead atoms. The highest BCUT2D eigenvalue weighted by Crippen LogP contribution is 2.26. The molecule has 8 heteroatoms. The second-order valence-corrected chi connectivity index (χ2v) is 7.20. The van der Waals surface area contributed by atoms with Gasteiger partial charge < -0.3 is 15.5 Å². The van der Waals surface area contributed by atoms with Gasteiger partial charge in [0.05, 0.1) is 0 Å². The number of nitrogens with one attached hydrogen (secondary N) is 2. The molecule has 0 saturated carbocycles. The Labute approximate surface area is 164 Å². The van der Waals surface area contributed by atoms with E-state index < -0.39 is 11.6 Å². The zero-order valence-corrected chi connectivity index (χ0v) is 16.4. The summed E-state index contributed by atoms with van der Waals surface area (Å²) in [7, 11) is 0. The number of guanidine groups is 1. The van der Waals surface area contributed by atoms with Gasteiger partial charge in [-0.25, -0.2) is 8.78 Å². The summed E-state index contributed by atoms with van der Waals surface area (Å²) in [6, 6.07) is 5.97. The summed E-state index contributed by atoms with van der Waals surface area (Å²) in [5, 5.41) is 10.9. The summed E-state index contributed by atoms with van der Waals surface area (Å²) in [4.78, 5) is 6.43. The van der Waals surface area contributed by atoms with Gasteiger partial charge >= 0.3 is 0 Å². The number of aliphatic imine (C=N–C) groups is 1. The zero-order valence-electron chi connectivity index (χ0n) is 16.4. The molecular weight excluding hydrogens is 362 g/mol. The highest BCUT2D eigenvalue weighted by molar-refractivity contribution is 5.80. The van der Waals surface area contributed by atoms with Gasteiger partial charge in [0.1, 0.15) is 17.3 Å². The minimum absolute atomic E-state index is 0.0570. The van der Waals surface area contributed by atoms with Crippen molar-refractivity contribution in [3.63, 3.8) is 0 Å². The molecule has 3 rings (SSSR count). The van der Waals surface area contributed by atoms with Crippen molar-refractivity contribution < 1.29 is 8.78 Å². The molecule has 28 heavy (non-hydrogen) atoms. The number of hydrogen-bond acceptors (Lipinski definition) is 3. The van der Waals surface area contributed by atoms with Crippen LogP contribution in [0.1, 0.15) is 20.3 Å². The second-order valence-electron chi connectivity index (χ2n) is 7.20. The van der Waals surface area contributed by atoms with E-state index in [1.165, 1.54) is 18.2 Å². The standard InChI is InChI=1S/C20H28F2N6/c1-3-23-20(24-12-15(2)13-28-10-5-9-25-28)26-16-8-11-27(14-16)19-17(21)6-4-7-18(19)22/h4-7,9-10,15-16H,3,8,11-14H2,1-2H3,(H2,23,24,26). The minimum atomic E-state index is -0.520. The van der Waals surface area contributed by atoms with Crippen molar-refractivity contribution in [2.75, 3.05) is 31.1 Å². The Hall–Kier alpha value is -2.64. The van der Waals surface area contributed by atoms with Crippen LogP contribution >= 0.6 is 0 Å². The Bertz CT molecular complexity index is 757. The lowest BCUT2D eigenvalue weighted by molar-refractivity contribution is 0.457. The molecule has 152 valence electrons. The molecule has 1 aromatic carbocycles. The molecule has 1 aliphatic heterocycles. The van der Waals surface area contributed by atoms with Crippen LogP contribution < -0.4 is 15.5 Å². The Kier molecular flexibility index (Phi) is 6.84. The monoisotopic (exact) mass is 390 g/mol. The number of halogens is 2. The van der Waals surface area contributed by atoms with Gasteiger partial charge in [-0.15, -0.1) is 0 Å². The van der Waals surface area contributed by atoms with Crippen LogP contribution in [0.15, 0.2) is 41.7 Å². The van der Waals surface area contributed by atoms with Crippen LogP contribution in [-0.2, 0) is 6.54 Å². The Morgan fingerprint density at radius 3 is 2.79 bits per heavy atom. The van der Waals surface area contributed by atoms with Crippen molar-refractivity contribution >= 4 is 11.6 Å². The summed E-state index contributed by atoms with van der Waals surface area (Å²) in [5.74, 6) is 0.0287. The number of aromatic nitrogens is 2. The average molecular weight is 390 g/mol. The summed E-state index contributed by atoms with van der Waals surface area (Å²) in [6.45, 7) is 7.49. The van der Waals surface area contributed by atoms with Gasteiger partial charge in [-0.3, -0.25) is 9.67 Å². The van der Waals surface area contributed by atoms with Crippen molar-refractivity contribution in [1.82, 2.24) is 20.4 Å². The van der Waals surface area contributed by atoms with E-state index in [1.54, 1.807) is 11.1 Å². The molecule has 1 aromatic heterocycles. The highest BCUT2D eigenvalue weighted by atomic mass is 19.1. The molecule has 2 aromatic rings. The average Bonchev–Trinajstić information content (AvgIpc) is 3.32. The highest BCUT2D eigenvalue weighted by Gasteiger charge is 2.27. The van der Waals surface area contributed by atoms with Gasteiger partial charge in [0.25, 0.3) is 0 Å². The Morgan fingerprint density at radius 1 is 1.32 bits per heavy atom. The first-order valence-electron chi connectivity index (χ1n) is 9.78. The van der Waals surface area contributed by atoms with E-state index in [1.807, 2.05) is 23.9 Å². The van der Waals surface area contributed by atoms with Gasteiger partial charge in [-0.05, 0) is 37.5 Å². The van der Waals surface area contributed by atoms with Gasteiger partial charge in [0.2, 0.25) is 0 Å². The van der Waals surface area contributed by atoms with E-state index in [0.717, 1.165) is 25.5 Å². The molecule has 0 amide bonds. The molecule has 2 atom stereocenters. The van der Waals surface area contributed by atoms with Crippen molar-refractivity contribution in [3.05, 3.63) is 48.3 Å². The summed E-state index contributed by atoms with van der Waals surface area (Å²) in [6.07, 6.45) is 4.51. The summed E-state index contributed by atoms with van der Waals surface area (Å²) < 4.78 is 30.0. The van der Waals surface area contributed by atoms with Gasteiger partial charge in [0, 0.05) is 51.2 Å². The maximum atomic E-state index is 14.0. The van der Waals surface area contributed by atoms with Crippen LogP contribution in [0, 0.1) is 17.6 Å². The number of anilines is 1. The predicted molar refractivity (Wildman–Crippen MR) is 107 cm³/mol. The fourth-order valence-corrected chi connectivity index (χ4v) is 3.42. The fourth-order valence-electron chi connectivity index (χ4n) is 3.42. The molecule has 1 saturated heterocycles. The van der Waals surface area contributed by atoms with Gasteiger partial charge in [-0.1, -0.05) is 13.0 Å². The third-order valence-electron chi connectivity index (χ3n) is 4.75. The van der Waals surface area contributed by atoms with E-state index in [2.05, 4.69) is 27.6 Å². The normalized spacial score (nSPS) is 18.4. The maximum absolute atomic E-state index is 14.0. The van der Waals surface area contributed by atoms with E-state index in [-0.39, 0.29) is 11.7 Å². The maximum Gasteiger partial charge on any atom is 0.191 e. The molecule has 0 spiro atoms. The van der Waals surface area contributed by atoms with Crippen LogP contribution in [0.25, 0.3) is 0 Å². The second kappa shape index (κ2) is 9.52. The molecule has 2 heterocycles. The van der Waals surface area contributed by atoms with Crippen LogP contribution in [0.5, 0.6) is 0 Å². The van der Waals surface area contributed by atoms with Crippen molar-refractivity contribution in [1.29, 1.82) is 0 Å². The fraction of sp³-hybridized carbons (Fsp3) is 0.500. The van der Waals surface area contributed by atoms with E-state index in [4.69, 9.17) is 0 Å². The van der Waals surface area contributed by atoms with E-state index in [9.17, 15) is 8.78 Å². The number of benzene rings is 1. The predicted octanol–water partition coefficient (Wildman–Crippen LogP) is 2.63. The van der Waals surface area contributed by atoms with Crippen LogP contribution in [0.2, 0.25) is 0 Å². The molecule has 1 aliphatic rings. The largest absolute Gasteiger partial charge is 0.365 e. The number of hydrogen-bond donors (Lipinski definition) is 2. The van der Waals surface area contributed by atoms with Crippen molar-refractivity contribution in [2.24, 2.45) is 10.9 Å². The van der Waals surface area contributed by atoms with Gasteiger partial charge in [-0.2, -0.15) is 5.10 Å². The third-order valence-corrected chi connectivity index (χ3v) is 4.75. The number of nitrogens with zero attached hydrogens (tertiary/aromatic N) is 4. The summed E-state index contributed by atoms with van der Waals surface area (Å²) >= 11 is 0. The molecule has 0 aliphatic carbocycles. The van der Waals surface area contributed by atoms with Gasteiger partial charge in [0.15, 0.2) is 5.96 Å². The first-order chi connectivity index (χ1) is 13.6. The third kappa shape index (κ3) is 5.21. The molecular formula is C20H28F2N6. The Morgan fingerprint density at radius 2 is 2.11 bits per heavy atom. The quantitative estimate of drug-likeness (QED) is 0.564. The van der Waals surface area contributed by atoms with Crippen LogP contribution in [0.3, 0.4) is 0 Å². The topological polar surface area (TPSA) is 57.5 Å². The lowest BCUT2D eigenvalue weighted by Gasteiger charge is -2.21. The molecule has 6 nitrogen and oxygen atoms in total. The SMILES string of the molecule is CCNC(=NCC(C)Cn1cccn1)NC1CCN(c2c(F)cccc2F)C1. The van der Waals surface area contributed by atoms with E-state index in [0.29, 0.717) is 25.6 Å². The zero-order chi connectivity index (χ0) is 19.9. The lowest BCUT2D eigenvalue weighted by Crippen LogP contribution is -2.45. The van der Waals surface area contributed by atoms with Crippen molar-refractivity contribution in [2.45, 2.75) is 32.9 Å². The van der Waals surface area contributed by atoms with Crippen LogP contribution in [-0.4, -0.2) is 48.0 Å². The number of rotatable bonds is 7. The van der Waals surface area contributed by atoms with Crippen LogP contribution in [0.4, 0.5) is 14.5 Å². The first-order valence-corrected chi connectivity index (χ1v) is 9.78. The Balaban J connectivity index is 1.57. The lowest BCUT2D eigenvalue weighted by atomic mass is 10.2. The van der Waals surface area contributed by atoms with Crippen molar-refractivity contribution in [3.8, 4) is 0 Å². The molecule has 1 fully saturated rings.